The minimum absolute atomic E-state index is 0.00281. The van der Waals surface area contributed by atoms with Gasteiger partial charge in [0, 0.05) is 44.4 Å². The Bertz CT molecular complexity index is 815. The molecule has 0 radical (unpaired) electrons. The minimum atomic E-state index is -0.265. The molecule has 1 atom stereocenters. The van der Waals surface area contributed by atoms with E-state index in [1.54, 1.807) is 0 Å². The zero-order valence-electron chi connectivity index (χ0n) is 16.4. The molecule has 1 aromatic heterocycles. The number of carbonyl (C=O) groups is 2. The number of aromatic nitrogens is 1. The van der Waals surface area contributed by atoms with Crippen LogP contribution in [0.1, 0.15) is 26.7 Å². The first-order chi connectivity index (χ1) is 13.5. The highest BCUT2D eigenvalue weighted by Gasteiger charge is 2.24. The number of carbonyl (C=O) groups excluding carboxylic acids is 2. The van der Waals surface area contributed by atoms with Gasteiger partial charge in [-0.25, -0.2) is 0 Å². The van der Waals surface area contributed by atoms with Crippen LogP contribution < -0.4 is 10.2 Å². The Kier molecular flexibility index (Phi) is 6.85. The van der Waals surface area contributed by atoms with E-state index in [4.69, 9.17) is 0 Å². The van der Waals surface area contributed by atoms with Crippen molar-refractivity contribution in [1.82, 2.24) is 14.6 Å². The molecular weight excluding hydrogens is 376 g/mol. The average molecular weight is 405 g/mol. The molecule has 0 bridgehead atoms. The Morgan fingerprint density at radius 1 is 1.18 bits per heavy atom. The van der Waals surface area contributed by atoms with Crippen LogP contribution in [0.3, 0.4) is 0 Å². The lowest BCUT2D eigenvalue weighted by molar-refractivity contribution is -0.134. The molecule has 1 aromatic carbocycles. The number of piperazine rings is 1. The molecule has 152 valence electrons. The maximum Gasteiger partial charge on any atom is 0.223 e. The van der Waals surface area contributed by atoms with Gasteiger partial charge in [-0.05, 0) is 29.6 Å². The third kappa shape index (κ3) is 4.80. The van der Waals surface area contributed by atoms with Crippen molar-refractivity contribution in [1.29, 1.82) is 0 Å². The van der Waals surface area contributed by atoms with Crippen LogP contribution in [0.25, 0.3) is 10.1 Å². The standard InChI is InChI=1S/C20H28N4O3S/c1-14(2)16(13-25)21-18(26)7-8-19(27)23-9-11-24(12-10-23)20-15-5-3-4-6-17(15)28-22-20/h3-6,14,16,25H,7-13H2,1-2H3,(H,21,26). The van der Waals surface area contributed by atoms with Gasteiger partial charge in [0.1, 0.15) is 5.82 Å². The van der Waals surface area contributed by atoms with E-state index >= 15 is 0 Å². The van der Waals surface area contributed by atoms with Gasteiger partial charge in [0.15, 0.2) is 0 Å². The largest absolute Gasteiger partial charge is 0.394 e. The van der Waals surface area contributed by atoms with Crippen LogP contribution in [0.2, 0.25) is 0 Å². The predicted molar refractivity (Wildman–Crippen MR) is 112 cm³/mol. The lowest BCUT2D eigenvalue weighted by Crippen LogP contribution is -2.49. The Morgan fingerprint density at radius 2 is 1.89 bits per heavy atom. The van der Waals surface area contributed by atoms with Gasteiger partial charge in [0.2, 0.25) is 11.8 Å². The van der Waals surface area contributed by atoms with Crippen molar-refractivity contribution in [3.63, 3.8) is 0 Å². The summed E-state index contributed by atoms with van der Waals surface area (Å²) in [4.78, 5) is 28.5. The number of hydrogen-bond donors (Lipinski definition) is 2. The topological polar surface area (TPSA) is 85.8 Å². The number of rotatable bonds is 7. The quantitative estimate of drug-likeness (QED) is 0.736. The molecule has 1 aliphatic heterocycles. The number of anilines is 1. The van der Waals surface area contributed by atoms with Gasteiger partial charge in [-0.2, -0.15) is 4.37 Å². The molecule has 0 saturated carbocycles. The third-order valence-electron chi connectivity index (χ3n) is 5.20. The lowest BCUT2D eigenvalue weighted by Gasteiger charge is -2.35. The second-order valence-electron chi connectivity index (χ2n) is 7.47. The van der Waals surface area contributed by atoms with E-state index in [-0.39, 0.29) is 43.2 Å². The van der Waals surface area contributed by atoms with Crippen LogP contribution in [0.4, 0.5) is 5.82 Å². The molecule has 2 aromatic rings. The van der Waals surface area contributed by atoms with Crippen molar-refractivity contribution >= 4 is 39.3 Å². The fraction of sp³-hybridized carbons (Fsp3) is 0.550. The van der Waals surface area contributed by atoms with Crippen LogP contribution in [-0.2, 0) is 9.59 Å². The number of aliphatic hydroxyl groups excluding tert-OH is 1. The molecule has 2 heterocycles. The summed E-state index contributed by atoms with van der Waals surface area (Å²) in [6.45, 7) is 6.55. The summed E-state index contributed by atoms with van der Waals surface area (Å²) >= 11 is 1.50. The van der Waals surface area contributed by atoms with E-state index in [2.05, 4.69) is 26.7 Å². The van der Waals surface area contributed by atoms with E-state index in [1.807, 2.05) is 30.9 Å². The molecule has 7 nitrogen and oxygen atoms in total. The molecule has 1 saturated heterocycles. The van der Waals surface area contributed by atoms with Crippen molar-refractivity contribution < 1.29 is 14.7 Å². The molecule has 8 heteroatoms. The second kappa shape index (κ2) is 9.34. The monoisotopic (exact) mass is 404 g/mol. The molecule has 0 spiro atoms. The molecule has 0 aliphatic carbocycles. The normalized spacial score (nSPS) is 15.9. The summed E-state index contributed by atoms with van der Waals surface area (Å²) in [5, 5.41) is 13.2. The number of hydrogen-bond acceptors (Lipinski definition) is 6. The van der Waals surface area contributed by atoms with Crippen LogP contribution >= 0.6 is 11.5 Å². The first-order valence-corrected chi connectivity index (χ1v) is 10.5. The number of benzene rings is 1. The third-order valence-corrected chi connectivity index (χ3v) is 6.02. The summed E-state index contributed by atoms with van der Waals surface area (Å²) in [6, 6.07) is 7.93. The van der Waals surface area contributed by atoms with E-state index in [9.17, 15) is 14.7 Å². The molecule has 1 unspecified atom stereocenters. The molecule has 2 N–H and O–H groups in total. The minimum Gasteiger partial charge on any atom is -0.394 e. The number of nitrogens with zero attached hydrogens (tertiary/aromatic N) is 3. The van der Waals surface area contributed by atoms with Crippen molar-refractivity contribution in [2.24, 2.45) is 5.92 Å². The molecule has 3 rings (SSSR count). The smallest absolute Gasteiger partial charge is 0.223 e. The van der Waals surface area contributed by atoms with E-state index in [1.165, 1.54) is 16.2 Å². The van der Waals surface area contributed by atoms with Gasteiger partial charge in [-0.15, -0.1) is 0 Å². The number of amides is 2. The van der Waals surface area contributed by atoms with E-state index in [0.717, 1.165) is 24.3 Å². The van der Waals surface area contributed by atoms with Crippen molar-refractivity contribution in [2.45, 2.75) is 32.7 Å². The van der Waals surface area contributed by atoms with Crippen LogP contribution in [0.15, 0.2) is 24.3 Å². The summed E-state index contributed by atoms with van der Waals surface area (Å²) in [6.07, 6.45) is 0.348. The average Bonchev–Trinajstić information content (AvgIpc) is 3.14. The number of aliphatic hydroxyl groups is 1. The number of nitrogens with one attached hydrogen (secondary N) is 1. The maximum absolute atomic E-state index is 12.5. The first kappa shape index (κ1) is 20.5. The van der Waals surface area contributed by atoms with Crippen LogP contribution in [-0.4, -0.2) is 65.0 Å². The maximum atomic E-state index is 12.5. The first-order valence-electron chi connectivity index (χ1n) is 9.77. The second-order valence-corrected chi connectivity index (χ2v) is 8.28. The summed E-state index contributed by atoms with van der Waals surface area (Å²) in [7, 11) is 0. The van der Waals surface area contributed by atoms with Gasteiger partial charge >= 0.3 is 0 Å². The SMILES string of the molecule is CC(C)C(CO)NC(=O)CCC(=O)N1CCN(c2nsc3ccccc23)CC1. The van der Waals surface area contributed by atoms with Crippen LogP contribution in [0, 0.1) is 5.92 Å². The van der Waals surface area contributed by atoms with Gasteiger partial charge in [0.05, 0.1) is 17.3 Å². The van der Waals surface area contributed by atoms with Gasteiger partial charge in [-0.3, -0.25) is 9.59 Å². The highest BCUT2D eigenvalue weighted by Crippen LogP contribution is 2.29. The Balaban J connectivity index is 1.47. The predicted octanol–water partition coefficient (Wildman–Crippen LogP) is 1.86. The highest BCUT2D eigenvalue weighted by molar-refractivity contribution is 7.13. The van der Waals surface area contributed by atoms with Crippen LogP contribution in [0.5, 0.6) is 0 Å². The fourth-order valence-electron chi connectivity index (χ4n) is 3.35. The molecule has 1 aliphatic rings. The lowest BCUT2D eigenvalue weighted by atomic mass is 10.1. The molecule has 1 fully saturated rings. The van der Waals surface area contributed by atoms with Gasteiger partial charge in [0.25, 0.3) is 0 Å². The molecule has 28 heavy (non-hydrogen) atoms. The zero-order valence-corrected chi connectivity index (χ0v) is 17.2. The van der Waals surface area contributed by atoms with Crippen molar-refractivity contribution in [3.05, 3.63) is 24.3 Å². The van der Waals surface area contributed by atoms with E-state index in [0.29, 0.717) is 13.1 Å². The Hall–Kier alpha value is -2.19. The zero-order chi connectivity index (χ0) is 20.1. The van der Waals surface area contributed by atoms with Crippen molar-refractivity contribution in [2.75, 3.05) is 37.7 Å². The summed E-state index contributed by atoms with van der Waals surface area (Å²) in [5.41, 5.74) is 0. The van der Waals surface area contributed by atoms with Gasteiger partial charge < -0.3 is 20.2 Å². The molecular formula is C20H28N4O3S. The van der Waals surface area contributed by atoms with Gasteiger partial charge in [-0.1, -0.05) is 26.0 Å². The fourth-order valence-corrected chi connectivity index (χ4v) is 4.14. The summed E-state index contributed by atoms with van der Waals surface area (Å²) < 4.78 is 5.76. The number of fused-ring (bicyclic) bond motifs is 1. The Morgan fingerprint density at radius 3 is 2.57 bits per heavy atom. The van der Waals surface area contributed by atoms with Crippen molar-refractivity contribution in [3.8, 4) is 0 Å². The molecule has 2 amide bonds. The Labute approximate surface area is 169 Å². The summed E-state index contributed by atoms with van der Waals surface area (Å²) in [5.74, 6) is 0.965. The highest BCUT2D eigenvalue weighted by atomic mass is 32.1. The van der Waals surface area contributed by atoms with E-state index < -0.39 is 0 Å².